The zero-order valence-corrected chi connectivity index (χ0v) is 18.5. The van der Waals surface area contributed by atoms with Gasteiger partial charge >= 0.3 is 0 Å². The smallest absolute Gasteiger partial charge is 0.263 e. The number of carbonyl (C=O) groups excluding carboxylic acids is 1. The normalized spacial score (nSPS) is 11.1. The van der Waals surface area contributed by atoms with Gasteiger partial charge in [0.15, 0.2) is 0 Å². The Balaban J connectivity index is 1.59. The highest BCUT2D eigenvalue weighted by molar-refractivity contribution is 9.10. The molecule has 0 N–H and O–H groups in total. The molecule has 0 aliphatic carbocycles. The number of benzene rings is 1. The van der Waals surface area contributed by atoms with Crippen LogP contribution in [-0.4, -0.2) is 27.4 Å². The number of hydrogen-bond acceptors (Lipinski definition) is 5. The number of hydrogen-bond donors (Lipinski definition) is 0. The van der Waals surface area contributed by atoms with Crippen molar-refractivity contribution in [2.24, 2.45) is 0 Å². The Hall–Kier alpha value is -2.36. The molecule has 5 nitrogen and oxygen atoms in total. The molecule has 1 amide bonds. The van der Waals surface area contributed by atoms with Gasteiger partial charge in [0, 0.05) is 39.4 Å². The molecule has 0 spiro atoms. The van der Waals surface area contributed by atoms with Crippen molar-refractivity contribution in [2.45, 2.75) is 13.1 Å². The predicted molar refractivity (Wildman–Crippen MR) is 118 cm³/mol. The fourth-order valence-corrected chi connectivity index (χ4v) is 5.10. The minimum Gasteiger partial charge on any atom is -0.340 e. The molecule has 148 valence electrons. The first-order chi connectivity index (χ1) is 13.9. The number of carbonyl (C=O) groups is 1. The van der Waals surface area contributed by atoms with Crippen LogP contribution in [0.15, 0.2) is 56.7 Å². The van der Waals surface area contributed by atoms with Crippen molar-refractivity contribution >= 4 is 54.7 Å². The zero-order valence-electron chi connectivity index (χ0n) is 15.3. The summed E-state index contributed by atoms with van der Waals surface area (Å²) in [5.41, 5.74) is 0.980. The summed E-state index contributed by atoms with van der Waals surface area (Å²) in [5, 5.41) is 4.39. The molecule has 3 heterocycles. The fraction of sp³-hybridized carbons (Fsp3) is 0.150. The maximum Gasteiger partial charge on any atom is 0.263 e. The summed E-state index contributed by atoms with van der Waals surface area (Å²) in [6.45, 7) is -0.0545. The van der Waals surface area contributed by atoms with E-state index in [1.165, 1.54) is 33.2 Å². The number of likely N-dealkylation sites (N-methyl/N-ethyl adjacent to an activating group) is 1. The van der Waals surface area contributed by atoms with E-state index in [2.05, 4.69) is 20.9 Å². The summed E-state index contributed by atoms with van der Waals surface area (Å²) in [6.07, 6.45) is 1.39. The quantitative estimate of drug-likeness (QED) is 0.404. The number of nitrogens with zero attached hydrogens (tertiary/aromatic N) is 3. The largest absolute Gasteiger partial charge is 0.340 e. The van der Waals surface area contributed by atoms with Gasteiger partial charge in [-0.05, 0) is 29.6 Å². The number of fused-ring (bicyclic) bond motifs is 1. The highest BCUT2D eigenvalue weighted by atomic mass is 79.9. The van der Waals surface area contributed by atoms with Crippen molar-refractivity contribution in [1.29, 1.82) is 0 Å². The zero-order chi connectivity index (χ0) is 20.5. The van der Waals surface area contributed by atoms with E-state index < -0.39 is 0 Å². The van der Waals surface area contributed by atoms with Crippen LogP contribution in [0.1, 0.15) is 5.56 Å². The summed E-state index contributed by atoms with van der Waals surface area (Å²) in [5.74, 6) is -0.688. The van der Waals surface area contributed by atoms with Crippen LogP contribution in [0.4, 0.5) is 4.39 Å². The monoisotopic (exact) mass is 491 g/mol. The van der Waals surface area contributed by atoms with E-state index in [1.807, 2.05) is 22.9 Å². The summed E-state index contributed by atoms with van der Waals surface area (Å²) in [7, 11) is 1.58. The van der Waals surface area contributed by atoms with Crippen molar-refractivity contribution in [3.8, 4) is 10.4 Å². The van der Waals surface area contributed by atoms with Gasteiger partial charge in [0.2, 0.25) is 5.91 Å². The minimum absolute atomic E-state index is 0.105. The molecule has 0 saturated carbocycles. The molecule has 3 aromatic heterocycles. The molecule has 1 aromatic carbocycles. The molecule has 4 aromatic rings. The lowest BCUT2D eigenvalue weighted by Crippen LogP contribution is -2.33. The molecule has 0 bridgehead atoms. The van der Waals surface area contributed by atoms with Crippen LogP contribution in [0.3, 0.4) is 0 Å². The molecule has 9 heteroatoms. The second-order valence-electron chi connectivity index (χ2n) is 6.47. The molecule has 4 rings (SSSR count). The predicted octanol–water partition coefficient (Wildman–Crippen LogP) is 4.75. The lowest BCUT2D eigenvalue weighted by atomic mass is 10.2. The van der Waals surface area contributed by atoms with Gasteiger partial charge in [-0.1, -0.05) is 22.0 Å². The Labute approximate surface area is 182 Å². The van der Waals surface area contributed by atoms with Crippen LogP contribution >= 0.6 is 38.6 Å². The number of halogens is 2. The molecular weight excluding hydrogens is 477 g/mol. The Morgan fingerprint density at radius 2 is 2.14 bits per heavy atom. The van der Waals surface area contributed by atoms with Gasteiger partial charge in [0.1, 0.15) is 17.2 Å². The maximum atomic E-state index is 14.0. The van der Waals surface area contributed by atoms with Crippen LogP contribution < -0.4 is 5.56 Å². The van der Waals surface area contributed by atoms with E-state index in [0.717, 1.165) is 14.9 Å². The average molecular weight is 492 g/mol. The van der Waals surface area contributed by atoms with Crippen LogP contribution in [-0.2, 0) is 17.9 Å². The van der Waals surface area contributed by atoms with Gasteiger partial charge in [-0.2, -0.15) is 0 Å². The van der Waals surface area contributed by atoms with Crippen LogP contribution in [0.2, 0.25) is 0 Å². The standard InChI is InChI=1S/C20H15BrFN3O2S2/c1-24(8-12-7-13(21)4-5-15(12)22)17(26)9-25-11-23-19-18(20(25)27)14(10-29-19)16-3-2-6-28-16/h2-7,10-11H,8-9H2,1H3. The number of amides is 1. The molecule has 0 radical (unpaired) electrons. The van der Waals surface area contributed by atoms with Crippen LogP contribution in [0, 0.1) is 5.82 Å². The first-order valence-corrected chi connectivity index (χ1v) is 11.2. The van der Waals surface area contributed by atoms with Crippen LogP contribution in [0.5, 0.6) is 0 Å². The summed E-state index contributed by atoms with van der Waals surface area (Å²) >= 11 is 6.26. The Bertz CT molecular complexity index is 1250. The number of rotatable bonds is 5. The van der Waals surface area contributed by atoms with Gasteiger partial charge in [0.05, 0.1) is 11.7 Å². The number of thiophene rings is 2. The van der Waals surface area contributed by atoms with E-state index in [1.54, 1.807) is 30.5 Å². The van der Waals surface area contributed by atoms with E-state index in [0.29, 0.717) is 15.8 Å². The van der Waals surface area contributed by atoms with E-state index in [9.17, 15) is 14.0 Å². The van der Waals surface area contributed by atoms with E-state index in [4.69, 9.17) is 0 Å². The van der Waals surface area contributed by atoms with Gasteiger partial charge in [-0.15, -0.1) is 22.7 Å². The molecule has 0 saturated heterocycles. The first kappa shape index (κ1) is 19.9. The highest BCUT2D eigenvalue weighted by Gasteiger charge is 2.17. The molecule has 0 aliphatic rings. The van der Waals surface area contributed by atoms with Crippen molar-refractivity contribution in [1.82, 2.24) is 14.5 Å². The minimum atomic E-state index is -0.382. The van der Waals surface area contributed by atoms with Gasteiger partial charge in [-0.3, -0.25) is 14.2 Å². The highest BCUT2D eigenvalue weighted by Crippen LogP contribution is 2.33. The van der Waals surface area contributed by atoms with Crippen molar-refractivity contribution in [3.63, 3.8) is 0 Å². The summed E-state index contributed by atoms with van der Waals surface area (Å²) < 4.78 is 16.0. The van der Waals surface area contributed by atoms with Crippen molar-refractivity contribution in [2.75, 3.05) is 7.05 Å². The number of aromatic nitrogens is 2. The Morgan fingerprint density at radius 1 is 1.31 bits per heavy atom. The molecule has 0 aliphatic heterocycles. The maximum absolute atomic E-state index is 14.0. The Kier molecular flexibility index (Phi) is 5.62. The molecular formula is C20H15BrFN3O2S2. The second kappa shape index (κ2) is 8.17. The van der Waals surface area contributed by atoms with Gasteiger partial charge in [0.25, 0.3) is 5.56 Å². The molecule has 0 atom stereocenters. The van der Waals surface area contributed by atoms with Gasteiger partial charge in [-0.25, -0.2) is 9.37 Å². The Morgan fingerprint density at radius 3 is 2.90 bits per heavy atom. The SMILES string of the molecule is CN(Cc1cc(Br)ccc1F)C(=O)Cn1cnc2scc(-c3cccs3)c2c1=O. The van der Waals surface area contributed by atoms with E-state index >= 15 is 0 Å². The first-order valence-electron chi connectivity index (χ1n) is 8.62. The van der Waals surface area contributed by atoms with Crippen molar-refractivity contribution in [3.05, 3.63) is 73.6 Å². The summed E-state index contributed by atoms with van der Waals surface area (Å²) in [6, 6.07) is 8.47. The third-order valence-corrected chi connectivity index (χ3v) is 6.78. The lowest BCUT2D eigenvalue weighted by molar-refractivity contribution is -0.131. The fourth-order valence-electron chi connectivity index (χ4n) is 2.97. The topological polar surface area (TPSA) is 55.2 Å². The summed E-state index contributed by atoms with van der Waals surface area (Å²) in [4.78, 5) is 33.1. The molecule has 0 fully saturated rings. The third-order valence-electron chi connectivity index (χ3n) is 4.49. The second-order valence-corrected chi connectivity index (χ2v) is 9.19. The van der Waals surface area contributed by atoms with Crippen molar-refractivity contribution < 1.29 is 9.18 Å². The van der Waals surface area contributed by atoms with Gasteiger partial charge < -0.3 is 4.90 Å². The lowest BCUT2D eigenvalue weighted by Gasteiger charge is -2.18. The van der Waals surface area contributed by atoms with E-state index in [-0.39, 0.29) is 30.4 Å². The third kappa shape index (κ3) is 4.03. The molecule has 29 heavy (non-hydrogen) atoms. The molecule has 0 unspecified atom stereocenters. The average Bonchev–Trinajstić information content (AvgIpc) is 3.36. The van der Waals surface area contributed by atoms with Crippen LogP contribution in [0.25, 0.3) is 20.7 Å².